The number of carboxylic acids is 1. The van der Waals surface area contributed by atoms with Gasteiger partial charge in [-0.1, -0.05) is 42.5 Å². The average molecular weight is 340 g/mol. The lowest BCUT2D eigenvalue weighted by Gasteiger charge is -2.06. The van der Waals surface area contributed by atoms with Crippen LogP contribution in [0.5, 0.6) is 0 Å². The molecule has 6 heteroatoms. The number of nitrogens with one attached hydrogen (secondary N) is 1. The van der Waals surface area contributed by atoms with Crippen LogP contribution in [0, 0.1) is 6.92 Å². The van der Waals surface area contributed by atoms with Crippen LogP contribution in [0.15, 0.2) is 48.7 Å². The number of rotatable bonds is 7. The summed E-state index contributed by atoms with van der Waals surface area (Å²) in [5.74, 6) is -1.07. The summed E-state index contributed by atoms with van der Waals surface area (Å²) in [7, 11) is 0. The molecule has 130 valence electrons. The third kappa shape index (κ3) is 6.10. The van der Waals surface area contributed by atoms with Crippen LogP contribution in [-0.4, -0.2) is 28.7 Å². The lowest BCUT2D eigenvalue weighted by Crippen LogP contribution is -2.24. The van der Waals surface area contributed by atoms with E-state index in [1.165, 1.54) is 6.20 Å². The fourth-order valence-corrected chi connectivity index (χ4v) is 2.14. The molecule has 0 spiro atoms. The third-order valence-electron chi connectivity index (χ3n) is 3.35. The summed E-state index contributed by atoms with van der Waals surface area (Å²) >= 11 is 0. The van der Waals surface area contributed by atoms with Crippen molar-refractivity contribution in [1.29, 1.82) is 0 Å². The molecule has 1 heterocycles. The summed E-state index contributed by atoms with van der Waals surface area (Å²) < 4.78 is 5.10. The molecule has 0 saturated carbocycles. The largest absolute Gasteiger partial charge is 0.476 e. The van der Waals surface area contributed by atoms with Crippen molar-refractivity contribution in [2.45, 2.75) is 20.0 Å². The minimum Gasteiger partial charge on any atom is -0.476 e. The summed E-state index contributed by atoms with van der Waals surface area (Å²) in [5.41, 5.74) is 2.36. The van der Waals surface area contributed by atoms with Crippen molar-refractivity contribution in [2.75, 3.05) is 6.54 Å². The molecule has 25 heavy (non-hydrogen) atoms. The number of amides is 1. The zero-order valence-electron chi connectivity index (χ0n) is 13.9. The number of alkyl carbamates (subject to hydrolysis) is 1. The molecule has 2 N–H and O–H groups in total. The lowest BCUT2D eigenvalue weighted by atomic mass is 10.1. The minimum absolute atomic E-state index is 0.0112. The highest BCUT2D eigenvalue weighted by Gasteiger charge is 2.09. The molecule has 0 radical (unpaired) electrons. The van der Waals surface area contributed by atoms with Gasteiger partial charge in [0.05, 0.1) is 0 Å². The Bertz CT molecular complexity index is 757. The van der Waals surface area contributed by atoms with Crippen molar-refractivity contribution in [3.05, 3.63) is 71.1 Å². The van der Waals surface area contributed by atoms with Gasteiger partial charge < -0.3 is 15.2 Å². The third-order valence-corrected chi connectivity index (χ3v) is 3.35. The van der Waals surface area contributed by atoms with Crippen molar-refractivity contribution in [1.82, 2.24) is 10.3 Å². The number of aromatic nitrogens is 1. The number of hydrogen-bond acceptors (Lipinski definition) is 4. The summed E-state index contributed by atoms with van der Waals surface area (Å²) in [6, 6.07) is 11.2. The van der Waals surface area contributed by atoms with Crippen LogP contribution < -0.4 is 5.32 Å². The number of pyridine rings is 1. The van der Waals surface area contributed by atoms with E-state index in [0.717, 1.165) is 11.1 Å². The van der Waals surface area contributed by atoms with Gasteiger partial charge in [0.15, 0.2) is 5.69 Å². The van der Waals surface area contributed by atoms with Crippen LogP contribution in [0.2, 0.25) is 0 Å². The highest BCUT2D eigenvalue weighted by molar-refractivity contribution is 5.89. The molecular weight excluding hydrogens is 320 g/mol. The number of ether oxygens (including phenoxy) is 1. The Balaban J connectivity index is 1.75. The molecule has 6 nitrogen and oxygen atoms in total. The molecule has 2 aromatic rings. The Morgan fingerprint density at radius 3 is 2.76 bits per heavy atom. The topological polar surface area (TPSA) is 88.5 Å². The van der Waals surface area contributed by atoms with Crippen LogP contribution in [0.1, 0.15) is 33.6 Å². The summed E-state index contributed by atoms with van der Waals surface area (Å²) in [5, 5.41) is 11.8. The Hall–Kier alpha value is -3.15. The first kappa shape index (κ1) is 18.2. The number of hydrogen-bond donors (Lipinski definition) is 2. The van der Waals surface area contributed by atoms with Gasteiger partial charge >= 0.3 is 12.1 Å². The molecule has 2 rings (SSSR count). The molecule has 0 bridgehead atoms. The van der Waals surface area contributed by atoms with Crippen molar-refractivity contribution < 1.29 is 19.4 Å². The zero-order valence-corrected chi connectivity index (χ0v) is 13.9. The van der Waals surface area contributed by atoms with Crippen LogP contribution in [0.3, 0.4) is 0 Å². The molecule has 0 atom stereocenters. The van der Waals surface area contributed by atoms with Gasteiger partial charge in [0.2, 0.25) is 0 Å². The van der Waals surface area contributed by atoms with Gasteiger partial charge in [-0.25, -0.2) is 14.6 Å². The van der Waals surface area contributed by atoms with E-state index in [0.29, 0.717) is 18.5 Å². The molecule has 1 aromatic heterocycles. The predicted molar refractivity (Wildman–Crippen MR) is 94.2 cm³/mol. The van der Waals surface area contributed by atoms with Gasteiger partial charge in [0.25, 0.3) is 0 Å². The first-order valence-corrected chi connectivity index (χ1v) is 7.87. The van der Waals surface area contributed by atoms with E-state index in [9.17, 15) is 9.59 Å². The fraction of sp³-hybridized carbons (Fsp3) is 0.211. The molecule has 0 saturated heterocycles. The normalized spacial score (nSPS) is 10.6. The van der Waals surface area contributed by atoms with E-state index in [1.807, 2.05) is 37.3 Å². The molecule has 0 aliphatic rings. The van der Waals surface area contributed by atoms with E-state index in [-0.39, 0.29) is 12.3 Å². The first-order chi connectivity index (χ1) is 12.1. The lowest BCUT2D eigenvalue weighted by molar-refractivity contribution is 0.0690. The van der Waals surface area contributed by atoms with Crippen LogP contribution in [0.25, 0.3) is 6.08 Å². The van der Waals surface area contributed by atoms with Crippen molar-refractivity contribution in [2.24, 2.45) is 0 Å². The highest BCUT2D eigenvalue weighted by Crippen LogP contribution is 2.11. The maximum absolute atomic E-state index is 11.6. The Labute approximate surface area is 146 Å². The molecule has 1 amide bonds. The second-order valence-corrected chi connectivity index (χ2v) is 5.44. The van der Waals surface area contributed by atoms with Gasteiger partial charge in [-0.3, -0.25) is 0 Å². The van der Waals surface area contributed by atoms with Gasteiger partial charge in [-0.2, -0.15) is 0 Å². The first-order valence-electron chi connectivity index (χ1n) is 7.87. The number of carbonyl (C=O) groups is 2. The monoisotopic (exact) mass is 340 g/mol. The summed E-state index contributed by atoms with van der Waals surface area (Å²) in [6.45, 7) is 2.46. The van der Waals surface area contributed by atoms with E-state index in [4.69, 9.17) is 9.84 Å². The molecule has 0 aliphatic carbocycles. The number of nitrogens with zero attached hydrogens (tertiary/aromatic N) is 1. The SMILES string of the molecule is Cc1cnc(C(=O)O)c(C=CCCNC(=O)OCc2ccccc2)c1. The van der Waals surface area contributed by atoms with Crippen molar-refractivity contribution in [3.8, 4) is 0 Å². The predicted octanol–water partition coefficient (Wildman–Crippen LogP) is 3.42. The molecule has 1 aromatic carbocycles. The smallest absolute Gasteiger partial charge is 0.407 e. The Morgan fingerprint density at radius 1 is 1.28 bits per heavy atom. The average Bonchev–Trinajstić information content (AvgIpc) is 2.60. The van der Waals surface area contributed by atoms with Crippen LogP contribution in [-0.2, 0) is 11.3 Å². The molecule has 0 fully saturated rings. The van der Waals surface area contributed by atoms with E-state index >= 15 is 0 Å². The zero-order chi connectivity index (χ0) is 18.1. The second kappa shape index (κ2) is 9.22. The maximum Gasteiger partial charge on any atom is 0.407 e. The molecule has 0 unspecified atom stereocenters. The highest BCUT2D eigenvalue weighted by atomic mass is 16.5. The van der Waals surface area contributed by atoms with Crippen molar-refractivity contribution >= 4 is 18.1 Å². The molecule has 0 aliphatic heterocycles. The van der Waals surface area contributed by atoms with Gasteiger partial charge in [0, 0.05) is 18.3 Å². The minimum atomic E-state index is -1.07. The second-order valence-electron chi connectivity index (χ2n) is 5.44. The van der Waals surface area contributed by atoms with Crippen LogP contribution in [0.4, 0.5) is 4.79 Å². The van der Waals surface area contributed by atoms with Crippen molar-refractivity contribution in [3.63, 3.8) is 0 Å². The maximum atomic E-state index is 11.6. The quantitative estimate of drug-likeness (QED) is 0.754. The number of carboxylic acid groups (broad SMARTS) is 1. The van der Waals surface area contributed by atoms with E-state index < -0.39 is 12.1 Å². The van der Waals surface area contributed by atoms with E-state index in [2.05, 4.69) is 10.3 Å². The number of benzene rings is 1. The standard InChI is InChI=1S/C19H20N2O4/c1-14-11-16(17(18(22)23)21-12-14)9-5-6-10-20-19(24)25-13-15-7-3-2-4-8-15/h2-5,7-9,11-12H,6,10,13H2,1H3,(H,20,24)(H,22,23). The van der Waals surface area contributed by atoms with Gasteiger partial charge in [-0.05, 0) is 30.5 Å². The summed E-state index contributed by atoms with van der Waals surface area (Å²) in [6.07, 6.45) is 5.07. The Kier molecular flexibility index (Phi) is 6.71. The van der Waals surface area contributed by atoms with Gasteiger partial charge in [0.1, 0.15) is 6.61 Å². The van der Waals surface area contributed by atoms with Gasteiger partial charge in [-0.15, -0.1) is 0 Å². The number of aryl methyl sites for hydroxylation is 1. The summed E-state index contributed by atoms with van der Waals surface area (Å²) in [4.78, 5) is 26.6. The molecular formula is C19H20N2O4. The number of carbonyl (C=O) groups excluding carboxylic acids is 1. The van der Waals surface area contributed by atoms with Crippen LogP contribution >= 0.6 is 0 Å². The number of aromatic carboxylic acids is 1. The fourth-order valence-electron chi connectivity index (χ4n) is 2.14. The van der Waals surface area contributed by atoms with E-state index in [1.54, 1.807) is 18.2 Å². The Morgan fingerprint density at radius 2 is 2.04 bits per heavy atom.